The van der Waals surface area contributed by atoms with Crippen molar-refractivity contribution < 1.29 is 0 Å². The Morgan fingerprint density at radius 2 is 2.09 bits per heavy atom. The molecule has 1 atom stereocenters. The molecule has 3 rings (SSSR count). The number of hydrogen-bond acceptors (Lipinski definition) is 5. The zero-order chi connectivity index (χ0) is 15.9. The largest absolute Gasteiger partial charge is 0.330 e. The molecule has 5 nitrogen and oxygen atoms in total. The number of fused-ring (bicyclic) bond motifs is 1. The highest BCUT2D eigenvalue weighted by Gasteiger charge is 2.27. The van der Waals surface area contributed by atoms with E-state index < -0.39 is 0 Å². The van der Waals surface area contributed by atoms with Crippen molar-refractivity contribution in [3.63, 3.8) is 0 Å². The Hall–Kier alpha value is -1.85. The topological polar surface area (TPSA) is 67.9 Å². The van der Waals surface area contributed by atoms with Gasteiger partial charge < -0.3 is 5.73 Å². The summed E-state index contributed by atoms with van der Waals surface area (Å²) >= 11 is 0. The van der Waals surface area contributed by atoms with E-state index in [-0.39, 0.29) is 0 Å². The zero-order valence-corrected chi connectivity index (χ0v) is 13.6. The minimum Gasteiger partial charge on any atom is -0.330 e. The molecule has 0 spiro atoms. The summed E-state index contributed by atoms with van der Waals surface area (Å²) in [6.45, 7) is 2.59. The molecule has 2 aromatic heterocycles. The second-order valence-electron chi connectivity index (χ2n) is 6.14. The maximum absolute atomic E-state index is 5.67. The molecule has 0 fully saturated rings. The van der Waals surface area contributed by atoms with Crippen LogP contribution >= 0.6 is 0 Å². The molecule has 0 amide bonds. The molecule has 2 heterocycles. The van der Waals surface area contributed by atoms with Crippen molar-refractivity contribution in [3.8, 4) is 0 Å². The Balaban J connectivity index is 1.80. The van der Waals surface area contributed by atoms with Crippen LogP contribution in [0.25, 0.3) is 0 Å². The first kappa shape index (κ1) is 16.0. The van der Waals surface area contributed by atoms with Crippen LogP contribution < -0.4 is 5.73 Å². The fraction of sp³-hybridized carbons (Fsp3) is 0.500. The highest BCUT2D eigenvalue weighted by Crippen LogP contribution is 2.33. The molecule has 1 aliphatic carbocycles. The van der Waals surface area contributed by atoms with Gasteiger partial charge in [0.05, 0.1) is 17.4 Å². The predicted octanol–water partition coefficient (Wildman–Crippen LogP) is 2.49. The molecule has 0 saturated heterocycles. The third-order valence-electron chi connectivity index (χ3n) is 4.50. The number of nitrogens with two attached hydrogens (primary N) is 1. The third kappa shape index (κ3) is 4.12. The number of unbranched alkanes of at least 4 members (excludes halogenated alkanes) is 1. The number of aromatic nitrogens is 3. The Kier molecular flexibility index (Phi) is 5.66. The summed E-state index contributed by atoms with van der Waals surface area (Å²) in [5.74, 6) is 0. The molecule has 5 heteroatoms. The summed E-state index contributed by atoms with van der Waals surface area (Å²) in [7, 11) is 0. The second-order valence-corrected chi connectivity index (χ2v) is 6.14. The summed E-state index contributed by atoms with van der Waals surface area (Å²) in [4.78, 5) is 7.19. The minimum absolute atomic E-state index is 0.375. The first-order valence-corrected chi connectivity index (χ1v) is 8.53. The van der Waals surface area contributed by atoms with Gasteiger partial charge in [0.25, 0.3) is 0 Å². The molecule has 0 saturated carbocycles. The van der Waals surface area contributed by atoms with Gasteiger partial charge in [-0.05, 0) is 69.0 Å². The van der Waals surface area contributed by atoms with Gasteiger partial charge in [0.15, 0.2) is 0 Å². The second kappa shape index (κ2) is 8.13. The lowest BCUT2D eigenvalue weighted by molar-refractivity contribution is 0.160. The molecule has 2 aromatic rings. The van der Waals surface area contributed by atoms with Crippen molar-refractivity contribution >= 4 is 0 Å². The summed E-state index contributed by atoms with van der Waals surface area (Å²) in [5.41, 5.74) is 9.33. The van der Waals surface area contributed by atoms with Crippen LogP contribution in [0.5, 0.6) is 0 Å². The average molecular weight is 311 g/mol. The highest BCUT2D eigenvalue weighted by molar-refractivity contribution is 5.25. The smallest absolute Gasteiger partial charge is 0.0771 e. The SMILES string of the molecule is NCCCCN(Cc1cccnn1)C1CCCc2cccnc21. The molecular weight excluding hydrogens is 286 g/mol. The summed E-state index contributed by atoms with van der Waals surface area (Å²) in [5, 5.41) is 8.27. The molecular formula is C18H25N5. The lowest BCUT2D eigenvalue weighted by Gasteiger charge is -2.34. The Morgan fingerprint density at radius 1 is 1.17 bits per heavy atom. The average Bonchev–Trinajstić information content (AvgIpc) is 2.61. The van der Waals surface area contributed by atoms with Crippen LogP contribution in [0, 0.1) is 0 Å². The van der Waals surface area contributed by atoms with Gasteiger partial charge in [-0.3, -0.25) is 9.88 Å². The number of aryl methyl sites for hydroxylation is 1. The van der Waals surface area contributed by atoms with E-state index in [2.05, 4.69) is 26.1 Å². The van der Waals surface area contributed by atoms with Gasteiger partial charge in [-0.25, -0.2) is 0 Å². The standard InChI is InChI=1S/C18H25N5/c19-10-1-2-13-23(14-16-8-5-12-21-22-16)17-9-3-6-15-7-4-11-20-18(15)17/h4-5,7-8,11-12,17H,1-3,6,9-10,13-14,19H2. The summed E-state index contributed by atoms with van der Waals surface area (Å²) < 4.78 is 0. The van der Waals surface area contributed by atoms with Crippen molar-refractivity contribution in [1.82, 2.24) is 20.1 Å². The van der Waals surface area contributed by atoms with Crippen LogP contribution in [0.1, 0.15) is 48.7 Å². The van der Waals surface area contributed by atoms with E-state index in [9.17, 15) is 0 Å². The van der Waals surface area contributed by atoms with Gasteiger partial charge in [0, 0.05) is 18.9 Å². The van der Waals surface area contributed by atoms with Crippen LogP contribution in [-0.2, 0) is 13.0 Å². The Bertz CT molecular complexity index is 601. The molecule has 0 aromatic carbocycles. The number of nitrogens with zero attached hydrogens (tertiary/aromatic N) is 4. The van der Waals surface area contributed by atoms with Crippen LogP contribution in [0.15, 0.2) is 36.7 Å². The molecule has 0 radical (unpaired) electrons. The molecule has 0 bridgehead atoms. The number of rotatable bonds is 7. The normalized spacial score (nSPS) is 17.2. The van der Waals surface area contributed by atoms with Crippen LogP contribution in [0.2, 0.25) is 0 Å². The fourth-order valence-corrected chi connectivity index (χ4v) is 3.37. The van der Waals surface area contributed by atoms with E-state index in [1.54, 1.807) is 6.20 Å². The van der Waals surface area contributed by atoms with Gasteiger partial charge in [0.1, 0.15) is 0 Å². The summed E-state index contributed by atoms with van der Waals surface area (Å²) in [6.07, 6.45) is 9.32. The van der Waals surface area contributed by atoms with Gasteiger partial charge in [-0.2, -0.15) is 10.2 Å². The van der Waals surface area contributed by atoms with Crippen molar-refractivity contribution in [2.75, 3.05) is 13.1 Å². The number of hydrogen-bond donors (Lipinski definition) is 1. The third-order valence-corrected chi connectivity index (χ3v) is 4.50. The molecule has 122 valence electrons. The van der Waals surface area contributed by atoms with Crippen molar-refractivity contribution in [3.05, 3.63) is 53.6 Å². The maximum Gasteiger partial charge on any atom is 0.0771 e. The monoisotopic (exact) mass is 311 g/mol. The fourth-order valence-electron chi connectivity index (χ4n) is 3.37. The van der Waals surface area contributed by atoms with E-state index >= 15 is 0 Å². The number of pyridine rings is 1. The molecule has 2 N–H and O–H groups in total. The van der Waals surface area contributed by atoms with E-state index in [1.165, 1.54) is 17.7 Å². The van der Waals surface area contributed by atoms with Crippen molar-refractivity contribution in [1.29, 1.82) is 0 Å². The van der Waals surface area contributed by atoms with E-state index in [1.807, 2.05) is 24.4 Å². The van der Waals surface area contributed by atoms with Crippen LogP contribution in [-0.4, -0.2) is 33.2 Å². The van der Waals surface area contributed by atoms with E-state index in [0.717, 1.165) is 51.0 Å². The van der Waals surface area contributed by atoms with E-state index in [4.69, 9.17) is 5.73 Å². The van der Waals surface area contributed by atoms with Crippen LogP contribution in [0.4, 0.5) is 0 Å². The molecule has 23 heavy (non-hydrogen) atoms. The van der Waals surface area contributed by atoms with E-state index in [0.29, 0.717) is 6.04 Å². The Labute approximate surface area is 137 Å². The van der Waals surface area contributed by atoms with Crippen LogP contribution in [0.3, 0.4) is 0 Å². The minimum atomic E-state index is 0.375. The lowest BCUT2D eigenvalue weighted by Crippen LogP contribution is -2.33. The van der Waals surface area contributed by atoms with Gasteiger partial charge >= 0.3 is 0 Å². The quantitative estimate of drug-likeness (QED) is 0.796. The lowest BCUT2D eigenvalue weighted by atomic mass is 9.90. The predicted molar refractivity (Wildman–Crippen MR) is 90.6 cm³/mol. The molecule has 0 aliphatic heterocycles. The van der Waals surface area contributed by atoms with Gasteiger partial charge in [-0.1, -0.05) is 6.07 Å². The molecule has 1 unspecified atom stereocenters. The van der Waals surface area contributed by atoms with Gasteiger partial charge in [-0.15, -0.1) is 0 Å². The first-order valence-electron chi connectivity index (χ1n) is 8.53. The maximum atomic E-state index is 5.67. The Morgan fingerprint density at radius 3 is 2.91 bits per heavy atom. The highest BCUT2D eigenvalue weighted by atomic mass is 15.2. The summed E-state index contributed by atoms with van der Waals surface area (Å²) in [6, 6.07) is 8.63. The molecule has 1 aliphatic rings. The first-order chi connectivity index (χ1) is 11.4. The van der Waals surface area contributed by atoms with Crippen molar-refractivity contribution in [2.24, 2.45) is 5.73 Å². The van der Waals surface area contributed by atoms with Gasteiger partial charge in [0.2, 0.25) is 0 Å². The zero-order valence-electron chi connectivity index (χ0n) is 13.6. The van der Waals surface area contributed by atoms with Crippen molar-refractivity contribution in [2.45, 2.75) is 44.7 Å².